The molecule has 0 fully saturated rings. The predicted octanol–water partition coefficient (Wildman–Crippen LogP) is 9.06. The number of anilines is 1. The maximum absolute atomic E-state index is 12.9. The number of nitrogens with zero attached hydrogens (tertiary/aromatic N) is 1. The van der Waals surface area contributed by atoms with E-state index in [1.54, 1.807) is 54.6 Å². The van der Waals surface area contributed by atoms with Gasteiger partial charge in [0.15, 0.2) is 11.5 Å². The molecular formula is C33H27Cl3N2O4. The Balaban J connectivity index is 1.43. The van der Waals surface area contributed by atoms with E-state index < -0.39 is 5.91 Å². The zero-order chi connectivity index (χ0) is 30.1. The third-order valence-electron chi connectivity index (χ3n) is 6.03. The average molecular weight is 622 g/mol. The van der Waals surface area contributed by atoms with Gasteiger partial charge in [-0.05, 0) is 79.6 Å². The molecule has 0 radical (unpaired) electrons. The van der Waals surface area contributed by atoms with E-state index >= 15 is 0 Å². The van der Waals surface area contributed by atoms with Gasteiger partial charge in [0.05, 0.1) is 11.6 Å². The van der Waals surface area contributed by atoms with E-state index in [-0.39, 0.29) is 12.2 Å². The first kappa shape index (κ1) is 30.8. The summed E-state index contributed by atoms with van der Waals surface area (Å²) in [7, 11) is 0. The molecule has 4 aromatic rings. The summed E-state index contributed by atoms with van der Waals surface area (Å²) >= 11 is 18.7. The molecule has 0 aliphatic heterocycles. The molecule has 9 heteroatoms. The topological polar surface area (TPSA) is 80.6 Å². The maximum Gasteiger partial charge on any atom is 0.266 e. The predicted molar refractivity (Wildman–Crippen MR) is 168 cm³/mol. The second kappa shape index (κ2) is 14.7. The molecule has 214 valence electrons. The first-order valence-corrected chi connectivity index (χ1v) is 14.1. The van der Waals surface area contributed by atoms with Gasteiger partial charge in [-0.3, -0.25) is 4.79 Å². The molecule has 0 aliphatic rings. The lowest BCUT2D eigenvalue weighted by Crippen LogP contribution is -2.13. The number of amides is 1. The summed E-state index contributed by atoms with van der Waals surface area (Å²) in [4.78, 5) is 12.9. The molecule has 0 atom stereocenters. The Bertz CT molecular complexity index is 1630. The number of rotatable bonds is 11. The number of benzene rings is 4. The van der Waals surface area contributed by atoms with Crippen molar-refractivity contribution in [3.8, 4) is 23.3 Å². The highest BCUT2D eigenvalue weighted by molar-refractivity contribution is 6.35. The molecule has 6 nitrogen and oxygen atoms in total. The number of hydrogen-bond donors (Lipinski definition) is 1. The van der Waals surface area contributed by atoms with Crippen molar-refractivity contribution in [2.45, 2.75) is 27.1 Å². The van der Waals surface area contributed by atoms with Gasteiger partial charge in [0, 0.05) is 21.3 Å². The molecule has 0 saturated carbocycles. The van der Waals surface area contributed by atoms with Crippen LogP contribution in [0.25, 0.3) is 6.08 Å². The van der Waals surface area contributed by atoms with Crippen LogP contribution < -0.4 is 19.5 Å². The molecule has 42 heavy (non-hydrogen) atoms. The smallest absolute Gasteiger partial charge is 0.266 e. The summed E-state index contributed by atoms with van der Waals surface area (Å²) in [5.74, 6) is 0.808. The molecule has 0 heterocycles. The SMILES string of the molecule is CCOc1cc(/C=C(\C#N)C(=O)Nc2ccc(OCc3ccc(Cl)cc3Cl)cc2)cc(Cl)c1OCc1ccc(C)cc1. The highest BCUT2D eigenvalue weighted by atomic mass is 35.5. The summed E-state index contributed by atoms with van der Waals surface area (Å²) in [6, 6.07) is 25.2. The average Bonchev–Trinajstić information content (AvgIpc) is 2.97. The van der Waals surface area contributed by atoms with E-state index in [4.69, 9.17) is 49.0 Å². The molecular weight excluding hydrogens is 595 g/mol. The standard InChI is InChI=1S/C33H27Cl3N2O4/c1-3-40-31-16-23(15-30(36)32(31)42-19-22-6-4-21(2)5-7-22)14-25(18-37)33(39)38-27-10-12-28(13-11-27)41-20-24-8-9-26(34)17-29(24)35/h4-17H,3,19-20H2,1-2H3,(H,38,39)/b25-14+. The number of carbonyl (C=O) groups excluding carboxylic acids is 1. The van der Waals surface area contributed by atoms with E-state index in [0.717, 1.165) is 16.7 Å². The molecule has 0 aliphatic carbocycles. The fourth-order valence-electron chi connectivity index (χ4n) is 3.86. The van der Waals surface area contributed by atoms with Crippen LogP contribution in [0.5, 0.6) is 17.2 Å². The first-order chi connectivity index (χ1) is 20.2. The molecule has 0 bridgehead atoms. The Hall–Kier alpha value is -4.15. The summed E-state index contributed by atoms with van der Waals surface area (Å²) in [5, 5.41) is 13.8. The lowest BCUT2D eigenvalue weighted by molar-refractivity contribution is -0.112. The molecule has 0 unspecified atom stereocenters. The molecule has 0 aromatic heterocycles. The minimum absolute atomic E-state index is 0.112. The zero-order valence-corrected chi connectivity index (χ0v) is 25.2. The number of aryl methyl sites for hydroxylation is 1. The number of nitriles is 1. The van der Waals surface area contributed by atoms with Crippen molar-refractivity contribution in [3.63, 3.8) is 0 Å². The lowest BCUT2D eigenvalue weighted by atomic mass is 10.1. The van der Waals surface area contributed by atoms with Crippen molar-refractivity contribution in [2.24, 2.45) is 0 Å². The van der Waals surface area contributed by atoms with E-state index in [0.29, 0.717) is 56.8 Å². The first-order valence-electron chi connectivity index (χ1n) is 13.0. The maximum atomic E-state index is 12.9. The van der Waals surface area contributed by atoms with Crippen LogP contribution in [0.3, 0.4) is 0 Å². The summed E-state index contributed by atoms with van der Waals surface area (Å²) in [5.41, 5.74) is 3.83. The van der Waals surface area contributed by atoms with Gasteiger partial charge in [-0.2, -0.15) is 5.26 Å². The number of carbonyl (C=O) groups is 1. The fraction of sp³-hybridized carbons (Fsp3) is 0.152. The van der Waals surface area contributed by atoms with E-state index in [1.807, 2.05) is 44.2 Å². The largest absolute Gasteiger partial charge is 0.490 e. The third kappa shape index (κ3) is 8.43. The number of nitrogens with one attached hydrogen (secondary N) is 1. The van der Waals surface area contributed by atoms with Crippen molar-refractivity contribution in [2.75, 3.05) is 11.9 Å². The van der Waals surface area contributed by atoms with Crippen molar-refractivity contribution in [1.82, 2.24) is 0 Å². The normalized spacial score (nSPS) is 11.0. The molecule has 1 amide bonds. The van der Waals surface area contributed by atoms with Gasteiger partial charge < -0.3 is 19.5 Å². The monoisotopic (exact) mass is 620 g/mol. The van der Waals surface area contributed by atoms with Gasteiger partial charge in [0.2, 0.25) is 0 Å². The van der Waals surface area contributed by atoms with Crippen LogP contribution in [0.2, 0.25) is 15.1 Å². The zero-order valence-electron chi connectivity index (χ0n) is 22.9. The molecule has 1 N–H and O–H groups in total. The van der Waals surface area contributed by atoms with E-state index in [1.165, 1.54) is 6.08 Å². The summed E-state index contributed by atoms with van der Waals surface area (Å²) in [6.07, 6.45) is 1.45. The Kier molecular flexibility index (Phi) is 10.7. The van der Waals surface area contributed by atoms with E-state index in [2.05, 4.69) is 5.32 Å². The van der Waals surface area contributed by atoms with Crippen molar-refractivity contribution in [3.05, 3.63) is 122 Å². The molecule has 0 spiro atoms. The van der Waals surface area contributed by atoms with Gasteiger partial charge in [-0.1, -0.05) is 70.7 Å². The second-order valence-corrected chi connectivity index (χ2v) is 10.5. The lowest BCUT2D eigenvalue weighted by Gasteiger charge is -2.15. The molecule has 4 rings (SSSR count). The van der Waals surface area contributed by atoms with Gasteiger partial charge in [0.25, 0.3) is 5.91 Å². The Labute approximate surface area is 260 Å². The third-order valence-corrected chi connectivity index (χ3v) is 6.90. The molecule has 0 saturated heterocycles. The number of ether oxygens (including phenoxy) is 3. The Morgan fingerprint density at radius 2 is 1.62 bits per heavy atom. The van der Waals surface area contributed by atoms with Crippen molar-refractivity contribution in [1.29, 1.82) is 5.26 Å². The summed E-state index contributed by atoms with van der Waals surface area (Å²) in [6.45, 7) is 4.80. The van der Waals surface area contributed by atoms with Crippen LogP contribution in [0.4, 0.5) is 5.69 Å². The van der Waals surface area contributed by atoms with Crippen LogP contribution in [0, 0.1) is 18.3 Å². The van der Waals surface area contributed by atoms with Crippen molar-refractivity contribution < 1.29 is 19.0 Å². The number of halogens is 3. The van der Waals surface area contributed by atoms with Crippen LogP contribution >= 0.6 is 34.8 Å². The van der Waals surface area contributed by atoms with Crippen LogP contribution in [-0.2, 0) is 18.0 Å². The molecule has 4 aromatic carbocycles. The number of hydrogen-bond acceptors (Lipinski definition) is 5. The summed E-state index contributed by atoms with van der Waals surface area (Å²) < 4.78 is 17.5. The van der Waals surface area contributed by atoms with Gasteiger partial charge in [0.1, 0.15) is 30.6 Å². The van der Waals surface area contributed by atoms with E-state index in [9.17, 15) is 10.1 Å². The van der Waals surface area contributed by atoms with Gasteiger partial charge in [-0.15, -0.1) is 0 Å². The van der Waals surface area contributed by atoms with Crippen LogP contribution in [0.15, 0.2) is 84.4 Å². The Morgan fingerprint density at radius 1 is 0.881 bits per heavy atom. The quantitative estimate of drug-likeness (QED) is 0.133. The van der Waals surface area contributed by atoms with Crippen LogP contribution in [0.1, 0.15) is 29.2 Å². The highest BCUT2D eigenvalue weighted by Gasteiger charge is 2.15. The highest BCUT2D eigenvalue weighted by Crippen LogP contribution is 2.38. The minimum atomic E-state index is -0.576. The Morgan fingerprint density at radius 3 is 2.29 bits per heavy atom. The minimum Gasteiger partial charge on any atom is -0.490 e. The second-order valence-electron chi connectivity index (χ2n) is 9.21. The van der Waals surface area contributed by atoms with Crippen LogP contribution in [-0.4, -0.2) is 12.5 Å². The van der Waals surface area contributed by atoms with Gasteiger partial charge >= 0.3 is 0 Å². The fourth-order valence-corrected chi connectivity index (χ4v) is 4.60. The van der Waals surface area contributed by atoms with Gasteiger partial charge in [-0.25, -0.2) is 0 Å². The van der Waals surface area contributed by atoms with Crippen molar-refractivity contribution >= 4 is 52.5 Å².